The maximum atomic E-state index is 12.3. The van der Waals surface area contributed by atoms with Crippen LogP contribution in [0.3, 0.4) is 0 Å². The predicted octanol–water partition coefficient (Wildman–Crippen LogP) is 4.26. The zero-order valence-corrected chi connectivity index (χ0v) is 11.5. The van der Waals surface area contributed by atoms with Crippen LogP contribution in [-0.4, -0.2) is 11.6 Å². The van der Waals surface area contributed by atoms with Crippen LogP contribution in [0.15, 0.2) is 36.5 Å². The molecule has 2 aromatic rings. The van der Waals surface area contributed by atoms with Gasteiger partial charge in [-0.15, -0.1) is 0 Å². The first-order chi connectivity index (χ1) is 9.56. The Morgan fingerprint density at radius 1 is 1.35 bits per heavy atom. The second kappa shape index (κ2) is 6.52. The van der Waals surface area contributed by atoms with E-state index in [9.17, 15) is 8.78 Å². The number of nitrogens with one attached hydrogen (secondary N) is 1. The minimum Gasteiger partial charge on any atom is -0.434 e. The maximum Gasteiger partial charge on any atom is 0.387 e. The zero-order valence-electron chi connectivity index (χ0n) is 10.7. The number of hydrogen-bond donors (Lipinski definition) is 1. The van der Waals surface area contributed by atoms with Crippen LogP contribution in [0, 0.1) is 6.92 Å². The van der Waals surface area contributed by atoms with Crippen LogP contribution in [-0.2, 0) is 6.54 Å². The molecule has 0 unspecified atom stereocenters. The van der Waals surface area contributed by atoms with Crippen molar-refractivity contribution in [2.45, 2.75) is 20.1 Å². The highest BCUT2D eigenvalue weighted by atomic mass is 35.5. The van der Waals surface area contributed by atoms with E-state index in [1.165, 1.54) is 6.07 Å². The third-order valence-electron chi connectivity index (χ3n) is 2.69. The number of ether oxygens (including phenoxy) is 1. The van der Waals surface area contributed by atoms with Gasteiger partial charge in [0.15, 0.2) is 0 Å². The molecule has 0 fully saturated rings. The molecule has 0 bridgehead atoms. The number of halogens is 3. The van der Waals surface area contributed by atoms with Crippen molar-refractivity contribution in [2.75, 3.05) is 5.32 Å². The third kappa shape index (κ3) is 3.81. The Bertz CT molecular complexity index is 593. The lowest BCUT2D eigenvalue weighted by atomic mass is 10.2. The van der Waals surface area contributed by atoms with Crippen LogP contribution in [0.2, 0.25) is 5.15 Å². The smallest absolute Gasteiger partial charge is 0.387 e. The Morgan fingerprint density at radius 2 is 2.10 bits per heavy atom. The summed E-state index contributed by atoms with van der Waals surface area (Å²) in [6, 6.07) is 8.48. The molecule has 0 aliphatic rings. The van der Waals surface area contributed by atoms with Gasteiger partial charge in [0, 0.05) is 12.1 Å². The van der Waals surface area contributed by atoms with Crippen molar-refractivity contribution in [3.8, 4) is 5.75 Å². The van der Waals surface area contributed by atoms with E-state index in [4.69, 9.17) is 11.6 Å². The molecule has 1 N–H and O–H groups in total. The van der Waals surface area contributed by atoms with Crippen LogP contribution in [0.1, 0.15) is 11.1 Å². The molecule has 20 heavy (non-hydrogen) atoms. The summed E-state index contributed by atoms with van der Waals surface area (Å²) in [5.74, 6) is 0.161. The number of rotatable bonds is 5. The van der Waals surface area contributed by atoms with E-state index < -0.39 is 6.61 Å². The highest BCUT2D eigenvalue weighted by molar-refractivity contribution is 6.30. The molecule has 6 heteroatoms. The van der Waals surface area contributed by atoms with Crippen LogP contribution >= 0.6 is 11.6 Å². The van der Waals surface area contributed by atoms with Gasteiger partial charge in [-0.2, -0.15) is 8.78 Å². The second-order valence-electron chi connectivity index (χ2n) is 4.17. The number of alkyl halides is 2. The topological polar surface area (TPSA) is 34.1 Å². The number of aryl methyl sites for hydroxylation is 1. The predicted molar refractivity (Wildman–Crippen MR) is 74.4 cm³/mol. The molecule has 106 valence electrons. The van der Waals surface area contributed by atoms with E-state index in [-0.39, 0.29) is 5.75 Å². The van der Waals surface area contributed by atoms with Crippen molar-refractivity contribution in [3.63, 3.8) is 0 Å². The summed E-state index contributed by atoms with van der Waals surface area (Å²) in [5.41, 5.74) is 2.24. The van der Waals surface area contributed by atoms with Gasteiger partial charge in [-0.05, 0) is 24.6 Å². The largest absolute Gasteiger partial charge is 0.434 e. The lowest BCUT2D eigenvalue weighted by Crippen LogP contribution is -2.07. The van der Waals surface area contributed by atoms with E-state index in [2.05, 4.69) is 15.0 Å². The molecule has 0 aliphatic heterocycles. The molecule has 0 spiro atoms. The number of hydrogen-bond acceptors (Lipinski definition) is 3. The number of aromatic nitrogens is 1. The first-order valence-electron chi connectivity index (χ1n) is 5.95. The molecule has 1 aromatic carbocycles. The van der Waals surface area contributed by atoms with Gasteiger partial charge in [0.2, 0.25) is 0 Å². The Labute approximate surface area is 120 Å². The summed E-state index contributed by atoms with van der Waals surface area (Å²) < 4.78 is 29.1. The van der Waals surface area contributed by atoms with Gasteiger partial charge in [0.1, 0.15) is 10.9 Å². The van der Waals surface area contributed by atoms with Crippen molar-refractivity contribution in [1.82, 2.24) is 4.98 Å². The van der Waals surface area contributed by atoms with Gasteiger partial charge in [0.25, 0.3) is 0 Å². The van der Waals surface area contributed by atoms with Gasteiger partial charge in [-0.1, -0.05) is 29.8 Å². The number of benzene rings is 1. The molecule has 0 aliphatic carbocycles. The van der Waals surface area contributed by atoms with Crippen molar-refractivity contribution < 1.29 is 13.5 Å². The summed E-state index contributed by atoms with van der Waals surface area (Å²) in [7, 11) is 0. The maximum absolute atomic E-state index is 12.3. The van der Waals surface area contributed by atoms with Crippen molar-refractivity contribution in [1.29, 1.82) is 0 Å². The zero-order chi connectivity index (χ0) is 14.5. The SMILES string of the molecule is Cc1cc(NCc2ccccc2OC(F)F)cnc1Cl. The molecule has 2 rings (SSSR count). The summed E-state index contributed by atoms with van der Waals surface area (Å²) in [5, 5.41) is 3.54. The molecule has 0 radical (unpaired) electrons. The van der Waals surface area contributed by atoms with Gasteiger partial charge in [-0.3, -0.25) is 0 Å². The molecule has 1 heterocycles. The van der Waals surface area contributed by atoms with E-state index in [0.29, 0.717) is 17.3 Å². The van der Waals surface area contributed by atoms with Gasteiger partial charge < -0.3 is 10.1 Å². The monoisotopic (exact) mass is 298 g/mol. The summed E-state index contributed by atoms with van der Waals surface area (Å²) >= 11 is 5.84. The molecule has 0 saturated carbocycles. The van der Waals surface area contributed by atoms with E-state index in [1.54, 1.807) is 24.4 Å². The van der Waals surface area contributed by atoms with Gasteiger partial charge in [0.05, 0.1) is 11.9 Å². The lowest BCUT2D eigenvalue weighted by molar-refractivity contribution is -0.0504. The molecule has 3 nitrogen and oxygen atoms in total. The molecular weight excluding hydrogens is 286 g/mol. The third-order valence-corrected chi connectivity index (χ3v) is 3.08. The van der Waals surface area contributed by atoms with Crippen LogP contribution in [0.4, 0.5) is 14.5 Å². The van der Waals surface area contributed by atoms with Crippen molar-refractivity contribution in [3.05, 3.63) is 52.8 Å². The molecule has 0 saturated heterocycles. The molecule has 1 aromatic heterocycles. The summed E-state index contributed by atoms with van der Waals surface area (Å²) in [6.45, 7) is -0.643. The molecular formula is C14H13ClF2N2O. The average Bonchev–Trinajstić information content (AvgIpc) is 2.41. The number of para-hydroxylation sites is 1. The van der Waals surface area contributed by atoms with E-state index >= 15 is 0 Å². The Morgan fingerprint density at radius 3 is 2.80 bits per heavy atom. The first kappa shape index (κ1) is 14.5. The fourth-order valence-electron chi connectivity index (χ4n) is 1.71. The summed E-state index contributed by atoms with van der Waals surface area (Å²) in [6.07, 6.45) is 1.59. The Balaban J connectivity index is 2.08. The highest BCUT2D eigenvalue weighted by Crippen LogP contribution is 2.22. The van der Waals surface area contributed by atoms with E-state index in [0.717, 1.165) is 11.3 Å². The van der Waals surface area contributed by atoms with E-state index in [1.807, 2.05) is 13.0 Å². The molecule has 0 amide bonds. The van der Waals surface area contributed by atoms with Crippen molar-refractivity contribution >= 4 is 17.3 Å². The number of pyridine rings is 1. The highest BCUT2D eigenvalue weighted by Gasteiger charge is 2.09. The molecule has 0 atom stereocenters. The number of anilines is 1. The average molecular weight is 299 g/mol. The van der Waals surface area contributed by atoms with Crippen LogP contribution in [0.25, 0.3) is 0 Å². The van der Waals surface area contributed by atoms with Crippen LogP contribution in [0.5, 0.6) is 5.75 Å². The second-order valence-corrected chi connectivity index (χ2v) is 4.53. The van der Waals surface area contributed by atoms with Gasteiger partial charge >= 0.3 is 6.61 Å². The standard InChI is InChI=1S/C14H13ClF2N2O/c1-9-6-11(8-19-13(9)15)18-7-10-4-2-3-5-12(10)20-14(16)17/h2-6,8,14,18H,7H2,1H3. The number of nitrogens with zero attached hydrogens (tertiary/aromatic N) is 1. The van der Waals surface area contributed by atoms with Gasteiger partial charge in [-0.25, -0.2) is 4.98 Å². The van der Waals surface area contributed by atoms with Crippen molar-refractivity contribution in [2.24, 2.45) is 0 Å². The van der Waals surface area contributed by atoms with Crippen LogP contribution < -0.4 is 10.1 Å². The Hall–Kier alpha value is -1.88. The lowest BCUT2D eigenvalue weighted by Gasteiger charge is -2.12. The Kier molecular flexibility index (Phi) is 4.74. The minimum atomic E-state index is -2.84. The fourth-order valence-corrected chi connectivity index (χ4v) is 1.82. The normalized spacial score (nSPS) is 10.7. The first-order valence-corrected chi connectivity index (χ1v) is 6.33. The quantitative estimate of drug-likeness (QED) is 0.838. The minimum absolute atomic E-state index is 0.161. The fraction of sp³-hybridized carbons (Fsp3) is 0.214. The summed E-state index contributed by atoms with van der Waals surface area (Å²) in [4.78, 5) is 4.01.